The summed E-state index contributed by atoms with van der Waals surface area (Å²) in [6.45, 7) is 7.03. The Morgan fingerprint density at radius 2 is 1.97 bits per heavy atom. The Hall–Kier alpha value is -2.07. The first-order valence-electron chi connectivity index (χ1n) is 9.07. The molecule has 1 aromatic heterocycles. The molecule has 1 aromatic carbocycles. The standard InChI is InChI=1S/C21H21IN2O4S/c1-12(2)28-19(25)11-23-20(26)18(29-21(23)27)9-15-8-13(3)24(14(15)4)17-7-5-6-16(22)10-17/h5-10,12H,11H2,1-4H3/b18-9+. The van der Waals surface area contributed by atoms with Crippen LogP contribution in [0.2, 0.25) is 0 Å². The van der Waals surface area contributed by atoms with Crippen molar-refractivity contribution < 1.29 is 19.1 Å². The number of hydrogen-bond donors (Lipinski definition) is 0. The van der Waals surface area contributed by atoms with Crippen LogP contribution in [0.3, 0.4) is 0 Å². The molecule has 0 radical (unpaired) electrons. The Kier molecular flexibility index (Phi) is 6.52. The molecule has 0 atom stereocenters. The lowest BCUT2D eigenvalue weighted by molar-refractivity contribution is -0.149. The molecule has 0 saturated carbocycles. The van der Waals surface area contributed by atoms with Crippen molar-refractivity contribution in [2.45, 2.75) is 33.8 Å². The van der Waals surface area contributed by atoms with Gasteiger partial charge in [-0.1, -0.05) is 6.07 Å². The molecule has 0 N–H and O–H groups in total. The Morgan fingerprint density at radius 1 is 1.24 bits per heavy atom. The summed E-state index contributed by atoms with van der Waals surface area (Å²) in [7, 11) is 0. The van der Waals surface area contributed by atoms with Crippen molar-refractivity contribution in [1.29, 1.82) is 0 Å². The fourth-order valence-electron chi connectivity index (χ4n) is 3.15. The normalized spacial score (nSPS) is 15.7. The minimum Gasteiger partial charge on any atom is -0.462 e. The van der Waals surface area contributed by atoms with Gasteiger partial charge in [-0.25, -0.2) is 0 Å². The SMILES string of the molecule is Cc1cc(/C=C2/SC(=O)N(CC(=O)OC(C)C)C2=O)c(C)n1-c1cccc(I)c1. The second kappa shape index (κ2) is 8.74. The van der Waals surface area contributed by atoms with E-state index in [4.69, 9.17) is 4.74 Å². The van der Waals surface area contributed by atoms with Gasteiger partial charge in [0.25, 0.3) is 11.1 Å². The molecule has 0 unspecified atom stereocenters. The quantitative estimate of drug-likeness (QED) is 0.323. The Balaban J connectivity index is 1.88. The number of hydrogen-bond acceptors (Lipinski definition) is 5. The molecular formula is C21H21IN2O4S. The molecule has 1 saturated heterocycles. The first-order chi connectivity index (χ1) is 13.7. The number of nitrogens with zero attached hydrogens (tertiary/aromatic N) is 2. The zero-order valence-electron chi connectivity index (χ0n) is 16.6. The van der Waals surface area contributed by atoms with Crippen molar-refractivity contribution >= 4 is 57.5 Å². The topological polar surface area (TPSA) is 68.6 Å². The van der Waals surface area contributed by atoms with Crippen LogP contribution in [0.4, 0.5) is 4.79 Å². The van der Waals surface area contributed by atoms with Crippen LogP contribution in [-0.4, -0.2) is 39.2 Å². The van der Waals surface area contributed by atoms with Gasteiger partial charge in [0.15, 0.2) is 0 Å². The highest BCUT2D eigenvalue weighted by atomic mass is 127. The van der Waals surface area contributed by atoms with Crippen LogP contribution < -0.4 is 0 Å². The van der Waals surface area contributed by atoms with E-state index in [0.717, 1.165) is 42.9 Å². The van der Waals surface area contributed by atoms with Gasteiger partial charge < -0.3 is 9.30 Å². The van der Waals surface area contributed by atoms with Crippen LogP contribution in [-0.2, 0) is 14.3 Å². The number of benzene rings is 1. The molecular weight excluding hydrogens is 503 g/mol. The maximum absolute atomic E-state index is 12.7. The molecule has 1 aliphatic heterocycles. The number of imide groups is 1. The number of thioether (sulfide) groups is 1. The first kappa shape index (κ1) is 21.6. The Labute approximate surface area is 187 Å². The number of rotatable bonds is 5. The minimum atomic E-state index is -0.597. The number of carbonyl (C=O) groups is 3. The fraction of sp³-hybridized carbons (Fsp3) is 0.286. The molecule has 1 fully saturated rings. The molecule has 1 aliphatic rings. The van der Waals surface area contributed by atoms with E-state index in [2.05, 4.69) is 33.2 Å². The van der Waals surface area contributed by atoms with Crippen LogP contribution in [0.25, 0.3) is 11.8 Å². The largest absolute Gasteiger partial charge is 0.462 e. The van der Waals surface area contributed by atoms with Gasteiger partial charge in [-0.15, -0.1) is 0 Å². The van der Waals surface area contributed by atoms with Gasteiger partial charge in [0.05, 0.1) is 11.0 Å². The summed E-state index contributed by atoms with van der Waals surface area (Å²) in [6.07, 6.45) is 1.41. The molecule has 0 spiro atoms. The van der Waals surface area contributed by atoms with Gasteiger partial charge in [-0.05, 0) is 98.0 Å². The molecule has 2 aromatic rings. The van der Waals surface area contributed by atoms with Crippen LogP contribution >= 0.6 is 34.4 Å². The van der Waals surface area contributed by atoms with E-state index >= 15 is 0 Å². The van der Waals surface area contributed by atoms with Gasteiger partial charge >= 0.3 is 5.97 Å². The third-order valence-electron chi connectivity index (χ3n) is 4.35. The van der Waals surface area contributed by atoms with Gasteiger partial charge in [0.2, 0.25) is 0 Å². The number of halogens is 1. The van der Waals surface area contributed by atoms with E-state index in [1.807, 2.05) is 38.1 Å². The van der Waals surface area contributed by atoms with Crippen molar-refractivity contribution in [2.24, 2.45) is 0 Å². The number of carbonyl (C=O) groups excluding carboxylic acids is 3. The molecule has 2 heterocycles. The van der Waals surface area contributed by atoms with Gasteiger partial charge in [0, 0.05) is 20.6 Å². The van der Waals surface area contributed by atoms with Crippen LogP contribution in [0, 0.1) is 17.4 Å². The zero-order chi connectivity index (χ0) is 21.3. The van der Waals surface area contributed by atoms with Crippen molar-refractivity contribution in [2.75, 3.05) is 6.54 Å². The Bertz CT molecular complexity index is 1030. The average Bonchev–Trinajstić information content (AvgIpc) is 3.04. The van der Waals surface area contributed by atoms with E-state index in [-0.39, 0.29) is 12.6 Å². The summed E-state index contributed by atoms with van der Waals surface area (Å²) in [5.41, 5.74) is 3.89. The highest BCUT2D eigenvalue weighted by molar-refractivity contribution is 14.1. The molecule has 0 aliphatic carbocycles. The molecule has 3 rings (SSSR count). The second-order valence-corrected chi connectivity index (χ2v) is 9.19. The van der Waals surface area contributed by atoms with E-state index in [1.165, 1.54) is 0 Å². The minimum absolute atomic E-state index is 0.301. The summed E-state index contributed by atoms with van der Waals surface area (Å²) in [4.78, 5) is 38.0. The molecule has 8 heteroatoms. The lowest BCUT2D eigenvalue weighted by atomic mass is 10.2. The Morgan fingerprint density at radius 3 is 2.62 bits per heavy atom. The van der Waals surface area contributed by atoms with Crippen LogP contribution in [0.5, 0.6) is 0 Å². The average molecular weight is 524 g/mol. The summed E-state index contributed by atoms with van der Waals surface area (Å²) >= 11 is 3.11. The van der Waals surface area contributed by atoms with Gasteiger partial charge in [-0.2, -0.15) is 0 Å². The van der Waals surface area contributed by atoms with Crippen molar-refractivity contribution in [3.63, 3.8) is 0 Å². The summed E-state index contributed by atoms with van der Waals surface area (Å²) in [5.74, 6) is -1.07. The molecule has 29 heavy (non-hydrogen) atoms. The summed E-state index contributed by atoms with van der Waals surface area (Å²) < 4.78 is 8.28. The van der Waals surface area contributed by atoms with Gasteiger partial charge in [-0.3, -0.25) is 19.3 Å². The van der Waals surface area contributed by atoms with E-state index < -0.39 is 17.1 Å². The lowest BCUT2D eigenvalue weighted by Crippen LogP contribution is -2.35. The monoisotopic (exact) mass is 524 g/mol. The number of aromatic nitrogens is 1. The first-order valence-corrected chi connectivity index (χ1v) is 11.0. The predicted octanol–water partition coefficient (Wildman–Crippen LogP) is 4.69. The number of esters is 1. The number of ether oxygens (including phenoxy) is 1. The smallest absolute Gasteiger partial charge is 0.326 e. The highest BCUT2D eigenvalue weighted by Gasteiger charge is 2.37. The maximum Gasteiger partial charge on any atom is 0.326 e. The van der Waals surface area contributed by atoms with Crippen molar-refractivity contribution in [3.05, 3.63) is 55.8 Å². The van der Waals surface area contributed by atoms with Crippen molar-refractivity contribution in [3.8, 4) is 5.69 Å². The van der Waals surface area contributed by atoms with E-state index in [1.54, 1.807) is 19.9 Å². The molecule has 2 amide bonds. The van der Waals surface area contributed by atoms with E-state index in [9.17, 15) is 14.4 Å². The fourth-order valence-corrected chi connectivity index (χ4v) is 4.51. The summed E-state index contributed by atoms with van der Waals surface area (Å²) in [6, 6.07) is 10.1. The van der Waals surface area contributed by atoms with Crippen LogP contribution in [0.1, 0.15) is 30.8 Å². The third-order valence-corrected chi connectivity index (χ3v) is 5.93. The van der Waals surface area contributed by atoms with Crippen LogP contribution in [0.15, 0.2) is 35.2 Å². The second-order valence-electron chi connectivity index (χ2n) is 6.95. The predicted molar refractivity (Wildman–Crippen MR) is 122 cm³/mol. The number of amides is 2. The third kappa shape index (κ3) is 4.75. The van der Waals surface area contributed by atoms with E-state index in [0.29, 0.717) is 4.91 Å². The molecule has 0 bridgehead atoms. The highest BCUT2D eigenvalue weighted by Crippen LogP contribution is 2.33. The maximum atomic E-state index is 12.7. The zero-order valence-corrected chi connectivity index (χ0v) is 19.5. The van der Waals surface area contributed by atoms with Crippen molar-refractivity contribution in [1.82, 2.24) is 9.47 Å². The molecule has 6 nitrogen and oxygen atoms in total. The number of aryl methyl sites for hydroxylation is 1. The lowest BCUT2D eigenvalue weighted by Gasteiger charge is -2.13. The molecule has 152 valence electrons. The van der Waals surface area contributed by atoms with Gasteiger partial charge in [0.1, 0.15) is 6.54 Å². The summed E-state index contributed by atoms with van der Waals surface area (Å²) in [5, 5.41) is -0.464.